The zero-order valence-corrected chi connectivity index (χ0v) is 16.0. The number of cyclic esters (lactones) is 1. The smallest absolute Gasteiger partial charge is 0.410 e. The molecule has 0 saturated carbocycles. The van der Waals surface area contributed by atoms with E-state index in [1.807, 2.05) is 48.0 Å². The number of nitrogens with one attached hydrogen (secondary N) is 1. The average Bonchev–Trinajstić information content (AvgIpc) is 3.28. The van der Waals surface area contributed by atoms with Crippen molar-refractivity contribution in [2.24, 2.45) is 0 Å². The molecule has 2 saturated heterocycles. The Labute approximate surface area is 164 Å². The number of piperidine rings is 1. The zero-order valence-electron chi connectivity index (χ0n) is 16.0. The van der Waals surface area contributed by atoms with Gasteiger partial charge in [-0.05, 0) is 25.3 Å². The lowest BCUT2D eigenvalue weighted by molar-refractivity contribution is 0.125. The van der Waals surface area contributed by atoms with Crippen molar-refractivity contribution in [3.8, 4) is 0 Å². The molecule has 1 aromatic carbocycles. The third-order valence-corrected chi connectivity index (χ3v) is 5.30. The van der Waals surface area contributed by atoms with Crippen molar-refractivity contribution in [3.63, 3.8) is 0 Å². The summed E-state index contributed by atoms with van der Waals surface area (Å²) < 4.78 is 6.84. The highest BCUT2D eigenvalue weighted by Crippen LogP contribution is 2.21. The van der Waals surface area contributed by atoms with Crippen molar-refractivity contribution in [3.05, 3.63) is 47.7 Å². The summed E-state index contributed by atoms with van der Waals surface area (Å²) in [5, 5.41) is 7.50. The zero-order chi connectivity index (χ0) is 19.5. The molecular weight excluding hydrogens is 358 g/mol. The molecule has 2 aliphatic heterocycles. The second kappa shape index (κ2) is 7.92. The van der Waals surface area contributed by atoms with Gasteiger partial charge >= 0.3 is 12.1 Å². The predicted octanol–water partition coefficient (Wildman–Crippen LogP) is 2.69. The van der Waals surface area contributed by atoms with Gasteiger partial charge in [0.15, 0.2) is 0 Å². The number of aromatic nitrogens is 2. The van der Waals surface area contributed by atoms with Crippen molar-refractivity contribution < 1.29 is 14.3 Å². The molecule has 2 fully saturated rings. The number of carbonyl (C=O) groups excluding carboxylic acids is 2. The highest BCUT2D eigenvalue weighted by atomic mass is 16.6. The number of anilines is 1. The quantitative estimate of drug-likeness (QED) is 0.880. The SMILES string of the molecule is Cc1cc(NC(=O)N2CCC(N3CCOC3=O)CC2)n(Cc2ccccc2)n1. The number of hydrogen-bond acceptors (Lipinski definition) is 4. The van der Waals surface area contributed by atoms with Crippen LogP contribution in [-0.2, 0) is 11.3 Å². The van der Waals surface area contributed by atoms with Crippen LogP contribution in [0.25, 0.3) is 0 Å². The summed E-state index contributed by atoms with van der Waals surface area (Å²) in [6.45, 7) is 4.86. The van der Waals surface area contributed by atoms with E-state index in [-0.39, 0.29) is 18.2 Å². The summed E-state index contributed by atoms with van der Waals surface area (Å²) in [5.74, 6) is 0.691. The predicted molar refractivity (Wildman–Crippen MR) is 104 cm³/mol. The molecule has 0 aliphatic carbocycles. The molecule has 3 heterocycles. The first-order chi connectivity index (χ1) is 13.6. The van der Waals surface area contributed by atoms with Gasteiger partial charge in [0.05, 0.1) is 18.8 Å². The minimum Gasteiger partial charge on any atom is -0.448 e. The van der Waals surface area contributed by atoms with Crippen molar-refractivity contribution >= 4 is 17.9 Å². The summed E-state index contributed by atoms with van der Waals surface area (Å²) >= 11 is 0. The number of likely N-dealkylation sites (tertiary alicyclic amines) is 1. The van der Waals surface area contributed by atoms with Gasteiger partial charge in [0.25, 0.3) is 0 Å². The van der Waals surface area contributed by atoms with Crippen molar-refractivity contribution in [2.45, 2.75) is 32.4 Å². The molecular formula is C20H25N5O3. The number of carbonyl (C=O) groups is 2. The van der Waals surface area contributed by atoms with Crippen LogP contribution < -0.4 is 5.32 Å². The molecule has 3 amide bonds. The van der Waals surface area contributed by atoms with Crippen molar-refractivity contribution in [1.29, 1.82) is 0 Å². The Bertz CT molecular complexity index is 843. The summed E-state index contributed by atoms with van der Waals surface area (Å²) in [7, 11) is 0. The second-order valence-electron chi connectivity index (χ2n) is 7.27. The van der Waals surface area contributed by atoms with E-state index in [9.17, 15) is 9.59 Å². The van der Waals surface area contributed by atoms with Gasteiger partial charge in [-0.3, -0.25) is 5.32 Å². The van der Waals surface area contributed by atoms with Crippen LogP contribution in [-0.4, -0.2) is 64.0 Å². The number of ether oxygens (including phenoxy) is 1. The van der Waals surface area contributed by atoms with E-state index in [2.05, 4.69) is 10.4 Å². The van der Waals surface area contributed by atoms with Gasteiger partial charge in [-0.25, -0.2) is 14.3 Å². The maximum Gasteiger partial charge on any atom is 0.410 e. The molecule has 0 unspecified atom stereocenters. The van der Waals surface area contributed by atoms with Gasteiger partial charge in [-0.1, -0.05) is 30.3 Å². The normalized spacial score (nSPS) is 17.7. The molecule has 0 radical (unpaired) electrons. The number of urea groups is 1. The van der Waals surface area contributed by atoms with Gasteiger partial charge < -0.3 is 14.5 Å². The van der Waals surface area contributed by atoms with E-state index in [0.29, 0.717) is 38.6 Å². The Hall–Kier alpha value is -3.03. The van der Waals surface area contributed by atoms with Crippen molar-refractivity contribution in [1.82, 2.24) is 19.6 Å². The standard InChI is InChI=1S/C20H25N5O3/c1-15-13-18(25(22-15)14-16-5-3-2-4-6-16)21-19(26)23-9-7-17(8-10-23)24-11-12-28-20(24)27/h2-6,13,17H,7-12,14H2,1H3,(H,21,26). The van der Waals surface area contributed by atoms with Crippen LogP contribution in [0.4, 0.5) is 15.4 Å². The van der Waals surface area contributed by atoms with Crippen LogP contribution >= 0.6 is 0 Å². The first-order valence-corrected chi connectivity index (χ1v) is 9.68. The number of amides is 3. The first-order valence-electron chi connectivity index (χ1n) is 9.68. The summed E-state index contributed by atoms with van der Waals surface area (Å²) in [6.07, 6.45) is 1.30. The van der Waals surface area contributed by atoms with Gasteiger partial charge in [0, 0.05) is 25.2 Å². The molecule has 0 atom stereocenters. The van der Waals surface area contributed by atoms with Gasteiger partial charge in [0.2, 0.25) is 0 Å². The lowest BCUT2D eigenvalue weighted by atomic mass is 10.0. The number of benzene rings is 1. The summed E-state index contributed by atoms with van der Waals surface area (Å²) in [4.78, 5) is 28.0. The number of hydrogen-bond donors (Lipinski definition) is 1. The molecule has 4 rings (SSSR count). The van der Waals surface area contributed by atoms with Crippen LogP contribution in [0.2, 0.25) is 0 Å². The topological polar surface area (TPSA) is 79.7 Å². The maximum absolute atomic E-state index is 12.7. The monoisotopic (exact) mass is 383 g/mol. The van der Waals surface area contributed by atoms with Gasteiger partial charge in [-0.15, -0.1) is 0 Å². The van der Waals surface area contributed by atoms with Crippen LogP contribution in [0.3, 0.4) is 0 Å². The fourth-order valence-electron chi connectivity index (χ4n) is 3.83. The molecule has 148 valence electrons. The third kappa shape index (κ3) is 3.95. The fraction of sp³-hybridized carbons (Fsp3) is 0.450. The molecule has 8 heteroatoms. The number of aryl methyl sites for hydroxylation is 1. The molecule has 0 spiro atoms. The van der Waals surface area contributed by atoms with Crippen molar-refractivity contribution in [2.75, 3.05) is 31.6 Å². The van der Waals surface area contributed by atoms with Crippen LogP contribution in [0.15, 0.2) is 36.4 Å². The second-order valence-corrected chi connectivity index (χ2v) is 7.27. The molecule has 1 N–H and O–H groups in total. The summed E-state index contributed by atoms with van der Waals surface area (Å²) in [5.41, 5.74) is 1.98. The Kier molecular flexibility index (Phi) is 5.18. The Balaban J connectivity index is 1.36. The molecule has 8 nitrogen and oxygen atoms in total. The third-order valence-electron chi connectivity index (χ3n) is 5.30. The maximum atomic E-state index is 12.7. The Morgan fingerprint density at radius 3 is 2.64 bits per heavy atom. The van der Waals surface area contributed by atoms with E-state index in [0.717, 1.165) is 24.1 Å². The number of rotatable bonds is 4. The summed E-state index contributed by atoms with van der Waals surface area (Å²) in [6, 6.07) is 11.9. The highest BCUT2D eigenvalue weighted by molar-refractivity contribution is 5.88. The van der Waals surface area contributed by atoms with E-state index in [1.165, 1.54) is 0 Å². The molecule has 28 heavy (non-hydrogen) atoms. The Morgan fingerprint density at radius 2 is 1.96 bits per heavy atom. The van der Waals surface area contributed by atoms with E-state index >= 15 is 0 Å². The first kappa shape index (κ1) is 18.3. The Morgan fingerprint density at radius 1 is 1.21 bits per heavy atom. The van der Waals surface area contributed by atoms with Crippen LogP contribution in [0, 0.1) is 6.92 Å². The fourth-order valence-corrected chi connectivity index (χ4v) is 3.83. The number of nitrogens with zero attached hydrogens (tertiary/aromatic N) is 4. The minimum absolute atomic E-state index is 0.128. The van der Waals surface area contributed by atoms with Crippen LogP contribution in [0.1, 0.15) is 24.1 Å². The van der Waals surface area contributed by atoms with E-state index in [4.69, 9.17) is 4.74 Å². The van der Waals surface area contributed by atoms with Gasteiger partial charge in [-0.2, -0.15) is 5.10 Å². The molecule has 2 aromatic rings. The largest absolute Gasteiger partial charge is 0.448 e. The average molecular weight is 383 g/mol. The van der Waals surface area contributed by atoms with Crippen LogP contribution in [0.5, 0.6) is 0 Å². The molecule has 2 aliphatic rings. The van der Waals surface area contributed by atoms with E-state index < -0.39 is 0 Å². The van der Waals surface area contributed by atoms with E-state index in [1.54, 1.807) is 9.80 Å². The lowest BCUT2D eigenvalue weighted by Crippen LogP contribution is -2.48. The molecule has 0 bridgehead atoms. The highest BCUT2D eigenvalue weighted by Gasteiger charge is 2.33. The lowest BCUT2D eigenvalue weighted by Gasteiger charge is -2.35. The minimum atomic E-state index is -0.233. The molecule has 1 aromatic heterocycles. The van der Waals surface area contributed by atoms with Gasteiger partial charge in [0.1, 0.15) is 12.4 Å².